The number of benzene rings is 2. The largest absolute Gasteiger partial charge is 0.544 e. The number of Topliss-reactive ketones (excluding diaryl/α,β-unsaturated/α-hetero) is 2. The van der Waals surface area contributed by atoms with E-state index >= 15 is 0 Å². The van der Waals surface area contributed by atoms with Crippen LogP contribution in [0.15, 0.2) is 24.3 Å². The van der Waals surface area contributed by atoms with Crippen LogP contribution in [0.2, 0.25) is 26.2 Å². The first kappa shape index (κ1) is 33.6. The number of aryl methyl sites for hydroxylation is 1. The molecule has 0 spiro atoms. The Morgan fingerprint density at radius 2 is 1.18 bits per heavy atom. The van der Waals surface area contributed by atoms with E-state index < -0.39 is 24.0 Å². The third-order valence-corrected chi connectivity index (χ3v) is 8.23. The zero-order valence-electron chi connectivity index (χ0n) is 26.9. The zero-order chi connectivity index (χ0) is 30.6. The molecule has 0 aliphatic rings. The molecule has 0 aliphatic carbocycles. The molecule has 0 bridgehead atoms. The van der Waals surface area contributed by atoms with Crippen molar-refractivity contribution in [3.63, 3.8) is 0 Å². The van der Waals surface area contributed by atoms with Crippen LogP contribution < -0.4 is 18.3 Å². The van der Waals surface area contributed by atoms with Crippen molar-refractivity contribution in [3.05, 3.63) is 46.5 Å². The van der Waals surface area contributed by atoms with Crippen LogP contribution in [0.1, 0.15) is 81.9 Å². The molecule has 2 aromatic rings. The molecule has 8 heteroatoms. The summed E-state index contributed by atoms with van der Waals surface area (Å²) in [5, 5.41) is 0. The van der Waals surface area contributed by atoms with Crippen LogP contribution >= 0.6 is 0 Å². The van der Waals surface area contributed by atoms with E-state index in [4.69, 9.17) is 18.3 Å². The molecule has 0 aromatic heterocycles. The quantitative estimate of drug-likeness (QED) is 0.151. The number of hydrogen-bond donors (Lipinski definition) is 0. The Balaban J connectivity index is 2.41. The third kappa shape index (κ3) is 8.00. The lowest BCUT2D eigenvalue weighted by molar-refractivity contribution is -0.121. The Labute approximate surface area is 245 Å². The van der Waals surface area contributed by atoms with Crippen molar-refractivity contribution in [2.45, 2.75) is 98.3 Å². The number of methoxy groups -OCH3 is 2. The molecule has 1 unspecified atom stereocenters. The molecule has 0 amide bonds. The Kier molecular flexibility index (Phi) is 11.2. The number of ether oxygens (including phenoxy) is 2. The number of carbonyl (C=O) groups excluding carboxylic acids is 2. The predicted molar refractivity (Wildman–Crippen MR) is 169 cm³/mol. The van der Waals surface area contributed by atoms with Crippen LogP contribution in [0.3, 0.4) is 0 Å². The SMILES string of the molecule is COc1c(C(C)(C)C)ccc(CCC(=O)C(C)C(=O)c2ccc(C(C)(C)C)c(OC)c2O[SiH](C)C)c1O[SiH](C)C. The molecule has 0 N–H and O–H groups in total. The van der Waals surface area contributed by atoms with Crippen molar-refractivity contribution in [3.8, 4) is 23.0 Å². The van der Waals surface area contributed by atoms with Gasteiger partial charge >= 0.3 is 0 Å². The highest BCUT2D eigenvalue weighted by molar-refractivity contribution is 6.49. The molecule has 0 heterocycles. The van der Waals surface area contributed by atoms with Crippen LogP contribution in [0.5, 0.6) is 23.0 Å². The minimum atomic E-state index is -1.58. The minimum absolute atomic E-state index is 0.122. The molecule has 40 heavy (non-hydrogen) atoms. The van der Waals surface area contributed by atoms with Gasteiger partial charge in [0.2, 0.25) is 18.1 Å². The highest BCUT2D eigenvalue weighted by Gasteiger charge is 2.31. The lowest BCUT2D eigenvalue weighted by Gasteiger charge is -2.27. The van der Waals surface area contributed by atoms with Crippen molar-refractivity contribution in [2.75, 3.05) is 14.2 Å². The van der Waals surface area contributed by atoms with Gasteiger partial charge in [0.25, 0.3) is 0 Å². The second-order valence-corrected chi connectivity index (χ2v) is 17.7. The van der Waals surface area contributed by atoms with Crippen molar-refractivity contribution < 1.29 is 27.9 Å². The average Bonchev–Trinajstić information content (AvgIpc) is 2.84. The van der Waals surface area contributed by atoms with E-state index in [0.29, 0.717) is 23.5 Å². The topological polar surface area (TPSA) is 71.1 Å². The van der Waals surface area contributed by atoms with Gasteiger partial charge in [0.1, 0.15) is 11.5 Å². The van der Waals surface area contributed by atoms with Crippen LogP contribution in [-0.2, 0) is 22.0 Å². The summed E-state index contributed by atoms with van der Waals surface area (Å²) >= 11 is 0. The molecule has 1 atom stereocenters. The number of rotatable bonds is 12. The van der Waals surface area contributed by atoms with Crippen molar-refractivity contribution in [2.24, 2.45) is 5.92 Å². The number of ketones is 2. The average molecular weight is 587 g/mol. The smallest absolute Gasteiger partial charge is 0.229 e. The lowest BCUT2D eigenvalue weighted by atomic mass is 9.83. The molecule has 0 fully saturated rings. The van der Waals surface area contributed by atoms with E-state index in [1.165, 1.54) is 0 Å². The summed E-state index contributed by atoms with van der Waals surface area (Å²) in [6.45, 7) is 22.7. The van der Waals surface area contributed by atoms with Crippen molar-refractivity contribution >= 4 is 29.6 Å². The molecule has 0 saturated heterocycles. The molecule has 222 valence electrons. The second-order valence-electron chi connectivity index (χ2n) is 13.0. The van der Waals surface area contributed by atoms with Crippen molar-refractivity contribution in [1.82, 2.24) is 0 Å². The van der Waals surface area contributed by atoms with Gasteiger partial charge in [-0.15, -0.1) is 0 Å². The summed E-state index contributed by atoms with van der Waals surface area (Å²) in [7, 11) is 0.230. The summed E-state index contributed by atoms with van der Waals surface area (Å²) in [6.07, 6.45) is 0.676. The minimum Gasteiger partial charge on any atom is -0.544 e. The normalized spacial score (nSPS) is 12.9. The van der Waals surface area contributed by atoms with Gasteiger partial charge < -0.3 is 18.3 Å². The Hall–Kier alpha value is -2.59. The fourth-order valence-electron chi connectivity index (χ4n) is 4.71. The highest BCUT2D eigenvalue weighted by atomic mass is 28.3. The summed E-state index contributed by atoms with van der Waals surface area (Å²) in [6, 6.07) is 7.80. The van der Waals surface area contributed by atoms with E-state index in [0.717, 1.165) is 28.2 Å². The maximum absolute atomic E-state index is 13.7. The molecule has 2 rings (SSSR count). The summed E-state index contributed by atoms with van der Waals surface area (Å²) in [5.74, 6) is 1.30. The standard InChI is InChI=1S/C32H50O6Si2/c1-20(26(34)22-16-18-24(32(5,6)7)30(36-9)28(22)38-40(12)13)25(33)19-15-21-14-17-23(31(2,3)4)29(35-8)27(21)37-39(10)11/h14,16-18,20,39-40H,15,19H2,1-13H3. The fraction of sp³-hybridized carbons (Fsp3) is 0.562. The Morgan fingerprint density at radius 1 is 0.725 bits per heavy atom. The van der Waals surface area contributed by atoms with Gasteiger partial charge in [0, 0.05) is 17.5 Å². The van der Waals surface area contributed by atoms with Gasteiger partial charge in [0.05, 0.1) is 25.7 Å². The monoisotopic (exact) mass is 586 g/mol. The first-order valence-corrected chi connectivity index (χ1v) is 19.8. The van der Waals surface area contributed by atoms with Gasteiger partial charge in [-0.05, 0) is 62.0 Å². The third-order valence-electron chi connectivity index (χ3n) is 6.82. The predicted octanol–water partition coefficient (Wildman–Crippen LogP) is 7.04. The first-order valence-electron chi connectivity index (χ1n) is 14.3. The molecular weight excluding hydrogens is 537 g/mol. The van der Waals surface area contributed by atoms with E-state index in [1.54, 1.807) is 27.2 Å². The van der Waals surface area contributed by atoms with E-state index in [1.807, 2.05) is 25.2 Å². The Morgan fingerprint density at radius 3 is 1.62 bits per heavy atom. The molecule has 6 nitrogen and oxygen atoms in total. The van der Waals surface area contributed by atoms with Crippen LogP contribution in [0, 0.1) is 5.92 Å². The second kappa shape index (κ2) is 13.4. The van der Waals surface area contributed by atoms with Gasteiger partial charge in [-0.3, -0.25) is 9.59 Å². The molecule has 2 aromatic carbocycles. The number of hydrogen-bond acceptors (Lipinski definition) is 6. The summed E-state index contributed by atoms with van der Waals surface area (Å²) in [5.41, 5.74) is 3.02. The number of carbonyl (C=O) groups is 2. The molecular formula is C32H50O6Si2. The van der Waals surface area contributed by atoms with Gasteiger partial charge in [-0.1, -0.05) is 59.7 Å². The Bertz CT molecular complexity index is 1210. The molecule has 0 saturated carbocycles. The lowest BCUT2D eigenvalue weighted by Crippen LogP contribution is -2.25. The molecule has 0 aliphatic heterocycles. The maximum atomic E-state index is 13.7. The van der Waals surface area contributed by atoms with Crippen LogP contribution in [0.25, 0.3) is 0 Å². The van der Waals surface area contributed by atoms with Gasteiger partial charge in [-0.25, -0.2) is 0 Å². The van der Waals surface area contributed by atoms with E-state index in [2.05, 4.69) is 60.7 Å². The van der Waals surface area contributed by atoms with Crippen molar-refractivity contribution in [1.29, 1.82) is 0 Å². The summed E-state index contributed by atoms with van der Waals surface area (Å²) < 4.78 is 24.2. The van der Waals surface area contributed by atoms with Gasteiger partial charge in [-0.2, -0.15) is 0 Å². The van der Waals surface area contributed by atoms with E-state index in [-0.39, 0.29) is 28.8 Å². The zero-order valence-corrected chi connectivity index (χ0v) is 29.2. The fourth-order valence-corrected chi connectivity index (χ4v) is 6.15. The van der Waals surface area contributed by atoms with E-state index in [9.17, 15) is 9.59 Å². The molecule has 0 radical (unpaired) electrons. The highest BCUT2D eigenvalue weighted by Crippen LogP contribution is 2.43. The first-order chi connectivity index (χ1) is 18.4. The van der Waals surface area contributed by atoms with Crippen LogP contribution in [-0.4, -0.2) is 43.9 Å². The van der Waals surface area contributed by atoms with Gasteiger partial charge in [0.15, 0.2) is 23.0 Å². The summed E-state index contributed by atoms with van der Waals surface area (Å²) in [4.78, 5) is 27.1. The maximum Gasteiger partial charge on any atom is 0.229 e. The van der Waals surface area contributed by atoms with Crippen LogP contribution in [0.4, 0.5) is 0 Å².